The summed E-state index contributed by atoms with van der Waals surface area (Å²) in [6.07, 6.45) is 3.48. The van der Waals surface area contributed by atoms with Gasteiger partial charge in [-0.1, -0.05) is 52.3 Å². The van der Waals surface area contributed by atoms with Crippen LogP contribution in [0.25, 0.3) is 0 Å². The van der Waals surface area contributed by atoms with E-state index in [1.807, 2.05) is 74.6 Å². The zero-order valence-electron chi connectivity index (χ0n) is 18.0. The molecule has 5 nitrogen and oxygen atoms in total. The summed E-state index contributed by atoms with van der Waals surface area (Å²) >= 11 is 3.44. The summed E-state index contributed by atoms with van der Waals surface area (Å²) in [5.41, 5.74) is 5.54. The first kappa shape index (κ1) is 21.8. The van der Waals surface area contributed by atoms with Gasteiger partial charge in [-0.05, 0) is 66.4 Å². The maximum Gasteiger partial charge on any atom is 0.255 e. The Hall–Kier alpha value is -3.38. The summed E-state index contributed by atoms with van der Waals surface area (Å²) in [5.74, 6) is 0.680. The Morgan fingerprint density at radius 3 is 2.66 bits per heavy atom. The van der Waals surface area contributed by atoms with Gasteiger partial charge in [-0.2, -0.15) is 5.10 Å². The van der Waals surface area contributed by atoms with Crippen molar-refractivity contribution in [1.29, 1.82) is 0 Å². The lowest BCUT2D eigenvalue weighted by atomic mass is 10.1. The van der Waals surface area contributed by atoms with Crippen molar-refractivity contribution in [2.45, 2.75) is 27.0 Å². The lowest BCUT2D eigenvalue weighted by Crippen LogP contribution is -2.12. The first-order valence-electron chi connectivity index (χ1n) is 10.3. The molecule has 162 valence electrons. The second kappa shape index (κ2) is 9.83. The molecule has 4 aromatic rings. The number of aryl methyl sites for hydroxylation is 2. The SMILES string of the molecule is Cc1ccc(C)c(OCc2cccc(C(=O)Nc3cnn(Cc4ccc(Br)cc4)c3)c2)c1. The number of hydrogen-bond donors (Lipinski definition) is 1. The summed E-state index contributed by atoms with van der Waals surface area (Å²) in [4.78, 5) is 12.8. The van der Waals surface area contributed by atoms with E-state index in [0.717, 1.165) is 32.5 Å². The molecule has 0 aliphatic rings. The van der Waals surface area contributed by atoms with E-state index in [9.17, 15) is 4.79 Å². The van der Waals surface area contributed by atoms with Crippen molar-refractivity contribution in [2.75, 3.05) is 5.32 Å². The van der Waals surface area contributed by atoms with Crippen LogP contribution in [0.2, 0.25) is 0 Å². The standard InChI is InChI=1S/C26H24BrN3O2/c1-18-6-7-19(2)25(12-18)32-17-21-4-3-5-22(13-21)26(31)29-24-14-28-30(16-24)15-20-8-10-23(27)11-9-20/h3-14,16H,15,17H2,1-2H3,(H,29,31). The highest BCUT2D eigenvalue weighted by Gasteiger charge is 2.09. The molecule has 0 aliphatic heterocycles. The Kier molecular flexibility index (Phi) is 6.71. The summed E-state index contributed by atoms with van der Waals surface area (Å²) in [7, 11) is 0. The molecule has 3 aromatic carbocycles. The van der Waals surface area contributed by atoms with Gasteiger partial charge in [0.1, 0.15) is 12.4 Å². The lowest BCUT2D eigenvalue weighted by molar-refractivity contribution is 0.102. The summed E-state index contributed by atoms with van der Waals surface area (Å²) < 4.78 is 8.81. The molecule has 32 heavy (non-hydrogen) atoms. The molecule has 0 spiro atoms. The Bertz CT molecular complexity index is 1230. The molecule has 0 atom stereocenters. The molecule has 6 heteroatoms. The third-order valence-electron chi connectivity index (χ3n) is 5.08. The number of ether oxygens (including phenoxy) is 1. The average Bonchev–Trinajstić information content (AvgIpc) is 3.23. The topological polar surface area (TPSA) is 56.1 Å². The van der Waals surface area contributed by atoms with Gasteiger partial charge in [-0.25, -0.2) is 0 Å². The minimum atomic E-state index is -0.179. The normalized spacial score (nSPS) is 10.7. The number of nitrogens with one attached hydrogen (secondary N) is 1. The molecule has 1 N–H and O–H groups in total. The fraction of sp³-hybridized carbons (Fsp3) is 0.154. The van der Waals surface area contributed by atoms with E-state index in [0.29, 0.717) is 24.4 Å². The van der Waals surface area contributed by atoms with Crippen molar-refractivity contribution in [2.24, 2.45) is 0 Å². The molecule has 1 heterocycles. The first-order chi connectivity index (χ1) is 15.5. The van der Waals surface area contributed by atoms with Crippen LogP contribution in [-0.4, -0.2) is 15.7 Å². The summed E-state index contributed by atoms with van der Waals surface area (Å²) in [5, 5.41) is 7.27. The van der Waals surface area contributed by atoms with Crippen molar-refractivity contribution in [3.63, 3.8) is 0 Å². The van der Waals surface area contributed by atoms with Crippen molar-refractivity contribution >= 4 is 27.5 Å². The zero-order valence-corrected chi connectivity index (χ0v) is 19.6. The number of carbonyl (C=O) groups is 1. The fourth-order valence-electron chi connectivity index (χ4n) is 3.32. The number of hydrogen-bond acceptors (Lipinski definition) is 3. The maximum absolute atomic E-state index is 12.8. The molecule has 1 aromatic heterocycles. The lowest BCUT2D eigenvalue weighted by Gasteiger charge is -2.11. The van der Waals surface area contributed by atoms with Crippen molar-refractivity contribution in [3.05, 3.63) is 111 Å². The van der Waals surface area contributed by atoms with Crippen LogP contribution in [0.15, 0.2) is 83.6 Å². The molecule has 0 saturated carbocycles. The van der Waals surface area contributed by atoms with Crippen LogP contribution in [0.1, 0.15) is 32.6 Å². The Morgan fingerprint density at radius 1 is 1.03 bits per heavy atom. The number of benzene rings is 3. The third-order valence-corrected chi connectivity index (χ3v) is 5.60. The monoisotopic (exact) mass is 489 g/mol. The second-order valence-corrected chi connectivity index (χ2v) is 8.68. The van der Waals surface area contributed by atoms with E-state index < -0.39 is 0 Å². The molecular weight excluding hydrogens is 466 g/mol. The largest absolute Gasteiger partial charge is 0.489 e. The van der Waals surface area contributed by atoms with E-state index >= 15 is 0 Å². The van der Waals surface area contributed by atoms with E-state index in [1.54, 1.807) is 16.9 Å². The van der Waals surface area contributed by atoms with Gasteiger partial charge in [0.05, 0.1) is 18.4 Å². The molecule has 0 aliphatic carbocycles. The van der Waals surface area contributed by atoms with E-state index in [-0.39, 0.29) is 5.91 Å². The quantitative estimate of drug-likeness (QED) is 0.339. The molecule has 0 fully saturated rings. The van der Waals surface area contributed by atoms with Crippen LogP contribution < -0.4 is 10.1 Å². The highest BCUT2D eigenvalue weighted by Crippen LogP contribution is 2.21. The number of aromatic nitrogens is 2. The third kappa shape index (κ3) is 5.65. The van der Waals surface area contributed by atoms with Crippen molar-refractivity contribution < 1.29 is 9.53 Å². The van der Waals surface area contributed by atoms with Gasteiger partial charge in [0.25, 0.3) is 5.91 Å². The van der Waals surface area contributed by atoms with Crippen LogP contribution >= 0.6 is 15.9 Å². The fourth-order valence-corrected chi connectivity index (χ4v) is 3.59. The number of nitrogens with zero attached hydrogens (tertiary/aromatic N) is 2. The number of rotatable bonds is 7. The smallest absolute Gasteiger partial charge is 0.255 e. The van der Waals surface area contributed by atoms with Crippen LogP contribution in [0.3, 0.4) is 0 Å². The van der Waals surface area contributed by atoms with Gasteiger partial charge in [0, 0.05) is 16.2 Å². The average molecular weight is 490 g/mol. The number of anilines is 1. The Labute approximate surface area is 196 Å². The predicted octanol–water partition coefficient (Wildman–Crippen LogP) is 6.14. The van der Waals surface area contributed by atoms with Crippen LogP contribution in [0.5, 0.6) is 5.75 Å². The minimum Gasteiger partial charge on any atom is -0.489 e. The Balaban J connectivity index is 1.38. The van der Waals surface area contributed by atoms with E-state index in [1.165, 1.54) is 0 Å². The van der Waals surface area contributed by atoms with Crippen molar-refractivity contribution in [1.82, 2.24) is 9.78 Å². The summed E-state index contributed by atoms with van der Waals surface area (Å²) in [6, 6.07) is 21.7. The number of carbonyl (C=O) groups excluding carboxylic acids is 1. The van der Waals surface area contributed by atoms with Crippen LogP contribution in [0.4, 0.5) is 5.69 Å². The van der Waals surface area contributed by atoms with E-state index in [2.05, 4.69) is 32.4 Å². The van der Waals surface area contributed by atoms with Gasteiger partial charge < -0.3 is 10.1 Å². The predicted molar refractivity (Wildman–Crippen MR) is 130 cm³/mol. The molecule has 0 radical (unpaired) electrons. The highest BCUT2D eigenvalue weighted by atomic mass is 79.9. The van der Waals surface area contributed by atoms with Crippen LogP contribution in [0, 0.1) is 13.8 Å². The number of halogens is 1. The molecule has 0 bridgehead atoms. The molecular formula is C26H24BrN3O2. The molecule has 4 rings (SSSR count). The van der Waals surface area contributed by atoms with Crippen molar-refractivity contribution in [3.8, 4) is 5.75 Å². The zero-order chi connectivity index (χ0) is 22.5. The van der Waals surface area contributed by atoms with Gasteiger partial charge in [-0.3, -0.25) is 9.48 Å². The molecule has 0 unspecified atom stereocenters. The highest BCUT2D eigenvalue weighted by molar-refractivity contribution is 9.10. The van der Waals surface area contributed by atoms with E-state index in [4.69, 9.17) is 4.74 Å². The van der Waals surface area contributed by atoms with Gasteiger partial charge >= 0.3 is 0 Å². The maximum atomic E-state index is 12.8. The van der Waals surface area contributed by atoms with Gasteiger partial charge in [-0.15, -0.1) is 0 Å². The first-order valence-corrected chi connectivity index (χ1v) is 11.1. The molecule has 1 amide bonds. The Morgan fingerprint density at radius 2 is 1.84 bits per heavy atom. The number of amides is 1. The van der Waals surface area contributed by atoms with Gasteiger partial charge in [0.15, 0.2) is 0 Å². The molecule has 0 saturated heterocycles. The second-order valence-electron chi connectivity index (χ2n) is 7.77. The minimum absolute atomic E-state index is 0.179. The van der Waals surface area contributed by atoms with Crippen LogP contribution in [-0.2, 0) is 13.2 Å². The van der Waals surface area contributed by atoms with Gasteiger partial charge in [0.2, 0.25) is 0 Å². The summed E-state index contributed by atoms with van der Waals surface area (Å²) in [6.45, 7) is 5.10.